The van der Waals surface area contributed by atoms with E-state index in [2.05, 4.69) is 12.2 Å². The molecule has 6 heteroatoms. The third kappa shape index (κ3) is 4.08. The third-order valence-corrected chi connectivity index (χ3v) is 6.59. The highest BCUT2D eigenvalue weighted by atomic mass is 16.5. The fraction of sp³-hybridized carbons (Fsp3) is 0.636. The first-order chi connectivity index (χ1) is 13.2. The van der Waals surface area contributed by atoms with Crippen LogP contribution in [0, 0.1) is 5.41 Å². The number of benzene rings is 1. The van der Waals surface area contributed by atoms with Crippen molar-refractivity contribution in [1.82, 2.24) is 5.32 Å². The monoisotopic (exact) mass is 387 g/mol. The van der Waals surface area contributed by atoms with Gasteiger partial charge in [0, 0.05) is 24.3 Å². The van der Waals surface area contributed by atoms with Gasteiger partial charge in [-0.05, 0) is 83.1 Å². The van der Waals surface area contributed by atoms with Crippen LogP contribution in [0.25, 0.3) is 0 Å². The maximum Gasteiger partial charge on any atom is 0.165 e. The third-order valence-electron chi connectivity index (χ3n) is 6.59. The largest absolute Gasteiger partial charge is 0.487 e. The zero-order valence-corrected chi connectivity index (χ0v) is 17.4. The van der Waals surface area contributed by atoms with E-state index >= 15 is 0 Å². The Hall–Kier alpha value is -1.92. The average molecular weight is 388 g/mol. The molecule has 0 bridgehead atoms. The van der Waals surface area contributed by atoms with Crippen LogP contribution in [0.5, 0.6) is 5.75 Å². The molecule has 2 atom stereocenters. The van der Waals surface area contributed by atoms with Gasteiger partial charge >= 0.3 is 0 Å². The van der Waals surface area contributed by atoms with E-state index in [0.29, 0.717) is 12.3 Å². The smallest absolute Gasteiger partial charge is 0.165 e. The van der Waals surface area contributed by atoms with Gasteiger partial charge in [0.15, 0.2) is 11.4 Å². The van der Waals surface area contributed by atoms with E-state index in [1.54, 1.807) is 14.0 Å². The van der Waals surface area contributed by atoms with Gasteiger partial charge in [-0.2, -0.15) is 0 Å². The molecule has 0 amide bonds. The molecule has 1 aromatic rings. The summed E-state index contributed by atoms with van der Waals surface area (Å²) in [6, 6.07) is 6.12. The van der Waals surface area contributed by atoms with Crippen LogP contribution in [-0.2, 0) is 16.0 Å². The summed E-state index contributed by atoms with van der Waals surface area (Å²) < 4.78 is 11.6. The summed E-state index contributed by atoms with van der Waals surface area (Å²) in [5.41, 5.74) is 6.93. The SMILES string of the molecule is CO[C@](C)(C(C)=O)[C@H]1CCc2cc(C(=N)N[C@]3(C)CC[C@@H](N)CC3)ccc2O1. The molecule has 1 aliphatic heterocycles. The standard InChI is InChI=1S/C22H33N3O3/c1-14(26)22(3,27-4)19-8-6-15-13-16(5-7-18(15)28-19)20(24)25-21(2)11-9-17(23)10-12-21/h5,7,13,17,19H,6,8-12,23H2,1-4H3,(H2,24,25)/t17-,19-,21-,22-/m1/s1. The Bertz CT molecular complexity index is 755. The number of nitrogens with one attached hydrogen (secondary N) is 2. The second-order valence-electron chi connectivity index (χ2n) is 8.73. The highest BCUT2D eigenvalue weighted by Crippen LogP contribution is 2.34. The molecule has 0 unspecified atom stereocenters. The van der Waals surface area contributed by atoms with Gasteiger partial charge in [-0.3, -0.25) is 10.2 Å². The van der Waals surface area contributed by atoms with E-state index < -0.39 is 5.60 Å². The Balaban J connectivity index is 1.71. The number of Topliss-reactive ketones (excluding diaryl/α,β-unsaturated/α-hetero) is 1. The van der Waals surface area contributed by atoms with Crippen LogP contribution in [0.2, 0.25) is 0 Å². The highest BCUT2D eigenvalue weighted by molar-refractivity contribution is 5.97. The number of ether oxygens (including phenoxy) is 2. The van der Waals surface area contributed by atoms with Gasteiger partial charge in [-0.1, -0.05) is 0 Å². The van der Waals surface area contributed by atoms with E-state index in [1.165, 1.54) is 6.92 Å². The second kappa shape index (κ2) is 7.84. The van der Waals surface area contributed by atoms with E-state index in [9.17, 15) is 4.79 Å². The Labute approximate surface area is 167 Å². The molecule has 0 saturated heterocycles. The Morgan fingerprint density at radius 2 is 2.04 bits per heavy atom. The van der Waals surface area contributed by atoms with Crippen LogP contribution in [-0.4, -0.2) is 42.0 Å². The Morgan fingerprint density at radius 3 is 2.64 bits per heavy atom. The lowest BCUT2D eigenvalue weighted by Crippen LogP contribution is -2.51. The summed E-state index contributed by atoms with van der Waals surface area (Å²) in [5.74, 6) is 1.17. The molecule has 1 saturated carbocycles. The summed E-state index contributed by atoms with van der Waals surface area (Å²) in [6.07, 6.45) is 5.13. The lowest BCUT2D eigenvalue weighted by Gasteiger charge is -2.38. The average Bonchev–Trinajstić information content (AvgIpc) is 2.68. The van der Waals surface area contributed by atoms with Crippen molar-refractivity contribution in [3.63, 3.8) is 0 Å². The van der Waals surface area contributed by atoms with Gasteiger partial charge in [0.05, 0.1) is 0 Å². The fourth-order valence-electron chi connectivity index (χ4n) is 4.21. The number of methoxy groups -OCH3 is 1. The molecule has 1 aliphatic carbocycles. The van der Waals surface area contributed by atoms with Crippen molar-refractivity contribution in [3.8, 4) is 5.75 Å². The molecule has 1 aromatic carbocycles. The summed E-state index contributed by atoms with van der Waals surface area (Å²) in [7, 11) is 1.55. The number of carbonyl (C=O) groups excluding carboxylic acids is 1. The topological polar surface area (TPSA) is 97.4 Å². The molecule has 0 aromatic heterocycles. The lowest BCUT2D eigenvalue weighted by molar-refractivity contribution is -0.149. The number of fused-ring (bicyclic) bond motifs is 1. The molecular weight excluding hydrogens is 354 g/mol. The Kier molecular flexibility index (Phi) is 5.82. The molecule has 154 valence electrons. The van der Waals surface area contributed by atoms with Crippen molar-refractivity contribution in [3.05, 3.63) is 29.3 Å². The van der Waals surface area contributed by atoms with E-state index in [1.807, 2.05) is 18.2 Å². The molecule has 28 heavy (non-hydrogen) atoms. The molecule has 3 rings (SSSR count). The van der Waals surface area contributed by atoms with Crippen LogP contribution >= 0.6 is 0 Å². The van der Waals surface area contributed by atoms with Gasteiger partial charge in [0.25, 0.3) is 0 Å². The number of ketones is 1. The van der Waals surface area contributed by atoms with Crippen molar-refractivity contribution in [2.24, 2.45) is 5.73 Å². The van der Waals surface area contributed by atoms with Crippen molar-refractivity contribution < 1.29 is 14.3 Å². The number of hydrogen-bond acceptors (Lipinski definition) is 5. The minimum Gasteiger partial charge on any atom is -0.487 e. The molecular formula is C22H33N3O3. The number of aryl methyl sites for hydroxylation is 1. The quantitative estimate of drug-likeness (QED) is 0.533. The van der Waals surface area contributed by atoms with Gasteiger partial charge in [-0.15, -0.1) is 0 Å². The molecule has 1 fully saturated rings. The van der Waals surface area contributed by atoms with E-state index in [0.717, 1.165) is 49.0 Å². The lowest BCUT2D eigenvalue weighted by atomic mass is 9.81. The number of nitrogens with two attached hydrogens (primary N) is 1. The molecule has 0 radical (unpaired) electrons. The predicted molar refractivity (Wildman–Crippen MR) is 110 cm³/mol. The maximum atomic E-state index is 12.0. The van der Waals surface area contributed by atoms with Crippen LogP contribution in [0.15, 0.2) is 18.2 Å². The minimum atomic E-state index is -0.943. The summed E-state index contributed by atoms with van der Waals surface area (Å²) in [5, 5.41) is 12.0. The van der Waals surface area contributed by atoms with Crippen LogP contribution in [0.4, 0.5) is 0 Å². The van der Waals surface area contributed by atoms with E-state index in [-0.39, 0.29) is 23.5 Å². The molecule has 6 nitrogen and oxygen atoms in total. The second-order valence-corrected chi connectivity index (χ2v) is 8.73. The van der Waals surface area contributed by atoms with Crippen molar-refractivity contribution in [2.75, 3.05) is 7.11 Å². The van der Waals surface area contributed by atoms with Crippen LogP contribution in [0.1, 0.15) is 64.0 Å². The van der Waals surface area contributed by atoms with Crippen molar-refractivity contribution in [1.29, 1.82) is 5.41 Å². The number of carbonyl (C=O) groups is 1. The first kappa shape index (κ1) is 20.8. The molecule has 2 aliphatic rings. The van der Waals surface area contributed by atoms with Crippen molar-refractivity contribution >= 4 is 11.6 Å². The van der Waals surface area contributed by atoms with Crippen LogP contribution < -0.4 is 15.8 Å². The molecule has 1 heterocycles. The molecule has 4 N–H and O–H groups in total. The number of hydrogen-bond donors (Lipinski definition) is 3. The number of rotatable bonds is 5. The van der Waals surface area contributed by atoms with Crippen LogP contribution in [0.3, 0.4) is 0 Å². The van der Waals surface area contributed by atoms with E-state index in [4.69, 9.17) is 20.6 Å². The van der Waals surface area contributed by atoms with Gasteiger partial charge in [0.1, 0.15) is 17.7 Å². The zero-order chi connectivity index (χ0) is 20.5. The predicted octanol–water partition coefficient (Wildman–Crippen LogP) is 2.95. The normalized spacial score (nSPS) is 29.2. The minimum absolute atomic E-state index is 0.0357. The van der Waals surface area contributed by atoms with Gasteiger partial charge in [0.2, 0.25) is 0 Å². The van der Waals surface area contributed by atoms with Crippen molar-refractivity contribution in [2.45, 2.75) is 82.6 Å². The first-order valence-corrected chi connectivity index (χ1v) is 10.2. The first-order valence-electron chi connectivity index (χ1n) is 10.2. The van der Waals surface area contributed by atoms with Gasteiger partial charge < -0.3 is 20.5 Å². The molecule has 0 spiro atoms. The number of amidine groups is 1. The Morgan fingerprint density at radius 1 is 1.36 bits per heavy atom. The summed E-state index contributed by atoms with van der Waals surface area (Å²) >= 11 is 0. The highest BCUT2D eigenvalue weighted by Gasteiger charge is 2.42. The summed E-state index contributed by atoms with van der Waals surface area (Å²) in [6.45, 7) is 5.50. The maximum absolute atomic E-state index is 12.0. The van der Waals surface area contributed by atoms with Gasteiger partial charge in [-0.25, -0.2) is 0 Å². The fourth-order valence-corrected chi connectivity index (χ4v) is 4.21. The zero-order valence-electron chi connectivity index (χ0n) is 17.4. The summed E-state index contributed by atoms with van der Waals surface area (Å²) in [4.78, 5) is 12.0.